The average Bonchev–Trinajstić information content (AvgIpc) is 2.72. The van der Waals surface area contributed by atoms with Gasteiger partial charge < -0.3 is 5.32 Å². The third-order valence-electron chi connectivity index (χ3n) is 4.14. The predicted octanol–water partition coefficient (Wildman–Crippen LogP) is 4.27. The molecule has 0 bridgehead atoms. The van der Waals surface area contributed by atoms with E-state index in [1.165, 1.54) is 27.8 Å². The number of nitrogens with one attached hydrogen (secondary N) is 1. The van der Waals surface area contributed by atoms with Gasteiger partial charge in [0.1, 0.15) is 0 Å². The second-order valence-electron chi connectivity index (χ2n) is 5.48. The number of rotatable bonds is 0. The van der Waals surface area contributed by atoms with Crippen molar-refractivity contribution in [1.82, 2.24) is 10.3 Å². The SMILES string of the molecule is Clc1ccc2c(c1)CCc1cccnc1C2=C1C=CNC=C1. The Morgan fingerprint density at radius 2 is 1.82 bits per heavy atom. The molecular weight excluding hydrogens is 292 g/mol. The van der Waals surface area contributed by atoms with Gasteiger partial charge in [0.2, 0.25) is 0 Å². The summed E-state index contributed by atoms with van der Waals surface area (Å²) in [6.45, 7) is 0. The van der Waals surface area contributed by atoms with E-state index >= 15 is 0 Å². The molecule has 0 fully saturated rings. The van der Waals surface area contributed by atoms with Gasteiger partial charge in [0.05, 0.1) is 5.69 Å². The summed E-state index contributed by atoms with van der Waals surface area (Å²) in [4.78, 5) is 4.68. The van der Waals surface area contributed by atoms with Crippen LogP contribution in [0.5, 0.6) is 0 Å². The topological polar surface area (TPSA) is 24.9 Å². The zero-order valence-electron chi connectivity index (χ0n) is 12.0. The van der Waals surface area contributed by atoms with Gasteiger partial charge in [-0.05, 0) is 65.5 Å². The van der Waals surface area contributed by atoms with E-state index in [9.17, 15) is 0 Å². The lowest BCUT2D eigenvalue weighted by Gasteiger charge is -2.15. The van der Waals surface area contributed by atoms with Gasteiger partial charge in [0.25, 0.3) is 0 Å². The highest BCUT2D eigenvalue weighted by atomic mass is 35.5. The minimum absolute atomic E-state index is 0.790. The van der Waals surface area contributed by atoms with E-state index < -0.39 is 0 Å². The van der Waals surface area contributed by atoms with Crippen LogP contribution < -0.4 is 5.32 Å². The van der Waals surface area contributed by atoms with Crippen molar-refractivity contribution in [2.24, 2.45) is 0 Å². The Kier molecular flexibility index (Phi) is 3.32. The smallest absolute Gasteiger partial charge is 0.0746 e. The van der Waals surface area contributed by atoms with E-state index in [2.05, 4.69) is 40.7 Å². The third-order valence-corrected chi connectivity index (χ3v) is 4.37. The fourth-order valence-corrected chi connectivity index (χ4v) is 3.32. The number of benzene rings is 1. The molecule has 108 valence electrons. The number of allylic oxidation sites excluding steroid dienone is 3. The lowest BCUT2D eigenvalue weighted by molar-refractivity contribution is 0.955. The fraction of sp³-hybridized carbons (Fsp3) is 0.105. The molecule has 1 aliphatic carbocycles. The van der Waals surface area contributed by atoms with Crippen LogP contribution in [0.1, 0.15) is 22.4 Å². The molecule has 1 aromatic carbocycles. The van der Waals surface area contributed by atoms with Crippen LogP contribution in [0.15, 0.2) is 66.7 Å². The highest BCUT2D eigenvalue weighted by molar-refractivity contribution is 6.30. The number of hydrogen-bond donors (Lipinski definition) is 1. The van der Waals surface area contributed by atoms with Gasteiger partial charge in [-0.3, -0.25) is 4.98 Å². The summed E-state index contributed by atoms with van der Waals surface area (Å²) < 4.78 is 0. The van der Waals surface area contributed by atoms with Gasteiger partial charge >= 0.3 is 0 Å². The molecule has 0 spiro atoms. The van der Waals surface area contributed by atoms with Crippen molar-refractivity contribution in [1.29, 1.82) is 0 Å². The van der Waals surface area contributed by atoms with Crippen LogP contribution in [0.4, 0.5) is 0 Å². The zero-order chi connectivity index (χ0) is 14.9. The molecule has 0 saturated heterocycles. The molecule has 2 heterocycles. The molecule has 0 saturated carbocycles. The lowest BCUT2D eigenvalue weighted by Crippen LogP contribution is -2.02. The van der Waals surface area contributed by atoms with Crippen LogP contribution in [0.3, 0.4) is 0 Å². The Bertz CT molecular complexity index is 817. The van der Waals surface area contributed by atoms with Crippen molar-refractivity contribution in [3.63, 3.8) is 0 Å². The number of aromatic nitrogens is 1. The van der Waals surface area contributed by atoms with Crippen LogP contribution in [0.25, 0.3) is 5.57 Å². The minimum Gasteiger partial charge on any atom is -0.368 e. The molecule has 22 heavy (non-hydrogen) atoms. The second kappa shape index (κ2) is 5.47. The van der Waals surface area contributed by atoms with Gasteiger partial charge in [-0.15, -0.1) is 0 Å². The Morgan fingerprint density at radius 3 is 2.68 bits per heavy atom. The van der Waals surface area contributed by atoms with E-state index in [1.807, 2.05) is 30.7 Å². The minimum atomic E-state index is 0.790. The molecule has 3 heteroatoms. The lowest BCUT2D eigenvalue weighted by atomic mass is 9.92. The summed E-state index contributed by atoms with van der Waals surface area (Å²) in [6, 6.07) is 10.3. The van der Waals surface area contributed by atoms with Crippen LogP contribution in [-0.4, -0.2) is 4.98 Å². The van der Waals surface area contributed by atoms with Crippen molar-refractivity contribution >= 4 is 17.2 Å². The molecule has 2 aromatic rings. The summed E-state index contributed by atoms with van der Waals surface area (Å²) in [7, 11) is 0. The summed E-state index contributed by atoms with van der Waals surface area (Å²) in [5.41, 5.74) is 7.24. The first-order valence-electron chi connectivity index (χ1n) is 7.39. The highest BCUT2D eigenvalue weighted by Gasteiger charge is 2.21. The van der Waals surface area contributed by atoms with Crippen LogP contribution >= 0.6 is 11.6 Å². The first-order chi connectivity index (χ1) is 10.8. The first-order valence-corrected chi connectivity index (χ1v) is 7.77. The largest absolute Gasteiger partial charge is 0.368 e. The van der Waals surface area contributed by atoms with Crippen LogP contribution in [0.2, 0.25) is 5.02 Å². The maximum atomic E-state index is 6.21. The van der Waals surface area contributed by atoms with Gasteiger partial charge in [-0.25, -0.2) is 0 Å². The molecule has 2 aliphatic rings. The van der Waals surface area contributed by atoms with Crippen molar-refractivity contribution in [3.05, 3.63) is 94.1 Å². The number of aryl methyl sites for hydroxylation is 2. The van der Waals surface area contributed by atoms with E-state index in [1.54, 1.807) is 0 Å². The normalized spacial score (nSPS) is 15.9. The maximum absolute atomic E-state index is 6.21. The van der Waals surface area contributed by atoms with E-state index in [0.29, 0.717) is 0 Å². The number of hydrogen-bond acceptors (Lipinski definition) is 2. The number of dihydropyridines is 1. The van der Waals surface area contributed by atoms with Crippen LogP contribution in [-0.2, 0) is 12.8 Å². The van der Waals surface area contributed by atoms with Gasteiger partial charge in [0, 0.05) is 29.2 Å². The molecule has 2 nitrogen and oxygen atoms in total. The van der Waals surface area contributed by atoms with Crippen molar-refractivity contribution < 1.29 is 0 Å². The number of pyridine rings is 1. The highest BCUT2D eigenvalue weighted by Crippen LogP contribution is 2.36. The summed E-state index contributed by atoms with van der Waals surface area (Å²) in [6.07, 6.45) is 11.9. The second-order valence-corrected chi connectivity index (χ2v) is 5.91. The van der Waals surface area contributed by atoms with Crippen molar-refractivity contribution in [2.45, 2.75) is 12.8 Å². The van der Waals surface area contributed by atoms with Gasteiger partial charge in [0.15, 0.2) is 0 Å². The zero-order valence-corrected chi connectivity index (χ0v) is 12.8. The van der Waals surface area contributed by atoms with Crippen molar-refractivity contribution in [3.8, 4) is 0 Å². The first kappa shape index (κ1) is 13.4. The van der Waals surface area contributed by atoms with Crippen molar-refractivity contribution in [2.75, 3.05) is 0 Å². The number of fused-ring (bicyclic) bond motifs is 2. The van der Waals surface area contributed by atoms with E-state index in [4.69, 9.17) is 11.6 Å². The Balaban J connectivity index is 2.05. The molecule has 1 N–H and O–H groups in total. The average molecular weight is 307 g/mol. The predicted molar refractivity (Wildman–Crippen MR) is 90.5 cm³/mol. The summed E-state index contributed by atoms with van der Waals surface area (Å²) in [5, 5.41) is 3.88. The van der Waals surface area contributed by atoms with Gasteiger partial charge in [-0.1, -0.05) is 23.7 Å². The monoisotopic (exact) mass is 306 g/mol. The number of nitrogens with zero attached hydrogens (tertiary/aromatic N) is 1. The Labute approximate surface area is 134 Å². The molecule has 0 atom stereocenters. The Morgan fingerprint density at radius 1 is 1.00 bits per heavy atom. The van der Waals surface area contributed by atoms with Gasteiger partial charge in [-0.2, -0.15) is 0 Å². The molecular formula is C19H15ClN2. The maximum Gasteiger partial charge on any atom is 0.0746 e. The standard InChI is InChI=1S/C19H15ClN2/c20-16-5-6-17-15(12-16)4-3-14-2-1-9-22-19(14)18(17)13-7-10-21-11-8-13/h1-2,5-12,21H,3-4H2. The van der Waals surface area contributed by atoms with E-state index in [-0.39, 0.29) is 0 Å². The molecule has 0 amide bonds. The Hall–Kier alpha value is -2.32. The molecule has 0 radical (unpaired) electrons. The summed E-state index contributed by atoms with van der Waals surface area (Å²) >= 11 is 6.21. The van der Waals surface area contributed by atoms with E-state index in [0.717, 1.165) is 23.6 Å². The fourth-order valence-electron chi connectivity index (χ4n) is 3.12. The number of halogens is 1. The quantitative estimate of drug-likeness (QED) is 0.786. The molecule has 1 aliphatic heterocycles. The third kappa shape index (κ3) is 2.26. The van der Waals surface area contributed by atoms with Crippen LogP contribution in [0, 0.1) is 0 Å². The molecule has 1 aromatic heterocycles. The molecule has 0 unspecified atom stereocenters. The molecule has 4 rings (SSSR count). The summed E-state index contributed by atoms with van der Waals surface area (Å²) in [5.74, 6) is 0.